The Kier molecular flexibility index (Phi) is 6.75. The van der Waals surface area contributed by atoms with Crippen molar-refractivity contribution in [3.8, 4) is 0 Å². The third kappa shape index (κ3) is 5.60. The molecule has 0 saturated carbocycles. The Bertz CT molecular complexity index is 371. The third-order valence-electron chi connectivity index (χ3n) is 2.09. The van der Waals surface area contributed by atoms with E-state index in [1.165, 1.54) is 18.5 Å². The number of carbonyl (C=O) groups excluding carboxylic acids is 1. The van der Waals surface area contributed by atoms with Crippen molar-refractivity contribution < 1.29 is 19.0 Å². The molecular formula is C12H18N2O4. The number of carbonyl (C=O) groups is 1. The number of pyridine rings is 1. The molecule has 1 aromatic rings. The molecule has 0 unspecified atom stereocenters. The van der Waals surface area contributed by atoms with E-state index in [1.807, 2.05) is 0 Å². The summed E-state index contributed by atoms with van der Waals surface area (Å²) in [6, 6.07) is 1.52. The van der Waals surface area contributed by atoms with Gasteiger partial charge in [0.15, 0.2) is 0 Å². The van der Waals surface area contributed by atoms with Crippen molar-refractivity contribution in [1.29, 1.82) is 0 Å². The van der Waals surface area contributed by atoms with Crippen molar-refractivity contribution in [3.05, 3.63) is 24.0 Å². The predicted octanol–water partition coefficient (Wildman–Crippen LogP) is 0.874. The van der Waals surface area contributed by atoms with Crippen LogP contribution in [0, 0.1) is 0 Å². The molecule has 0 atom stereocenters. The van der Waals surface area contributed by atoms with Crippen LogP contribution in [0.1, 0.15) is 16.8 Å². The molecule has 6 nitrogen and oxygen atoms in total. The molecule has 18 heavy (non-hydrogen) atoms. The van der Waals surface area contributed by atoms with Crippen molar-refractivity contribution in [2.24, 2.45) is 0 Å². The summed E-state index contributed by atoms with van der Waals surface area (Å²) in [6.07, 6.45) is 3.71. The summed E-state index contributed by atoms with van der Waals surface area (Å²) in [5.74, 6) is -0.449. The highest BCUT2D eigenvalue weighted by Crippen LogP contribution is 2.05. The molecule has 0 aliphatic rings. The predicted molar refractivity (Wildman–Crippen MR) is 66.2 cm³/mol. The molecule has 0 aliphatic carbocycles. The number of aromatic nitrogens is 1. The smallest absolute Gasteiger partial charge is 0.339 e. The molecule has 1 aromatic heterocycles. The van der Waals surface area contributed by atoms with Gasteiger partial charge in [-0.3, -0.25) is 4.98 Å². The van der Waals surface area contributed by atoms with Gasteiger partial charge in [-0.25, -0.2) is 4.79 Å². The summed E-state index contributed by atoms with van der Waals surface area (Å²) in [5, 5.41) is 0. The van der Waals surface area contributed by atoms with E-state index in [4.69, 9.17) is 19.9 Å². The highest BCUT2D eigenvalue weighted by atomic mass is 16.6. The van der Waals surface area contributed by atoms with Crippen LogP contribution in [0.5, 0.6) is 0 Å². The quantitative estimate of drug-likeness (QED) is 0.547. The molecule has 1 heterocycles. The van der Waals surface area contributed by atoms with Crippen LogP contribution in [0.15, 0.2) is 18.5 Å². The topological polar surface area (TPSA) is 83.7 Å². The second-order valence-electron chi connectivity index (χ2n) is 3.60. The molecule has 1 rings (SSSR count). The second-order valence-corrected chi connectivity index (χ2v) is 3.60. The number of esters is 1. The highest BCUT2D eigenvalue weighted by Gasteiger charge is 2.07. The molecule has 0 saturated heterocycles. The van der Waals surface area contributed by atoms with Gasteiger partial charge in [0.1, 0.15) is 6.61 Å². The third-order valence-corrected chi connectivity index (χ3v) is 2.09. The van der Waals surface area contributed by atoms with Crippen molar-refractivity contribution in [3.63, 3.8) is 0 Å². The summed E-state index contributed by atoms with van der Waals surface area (Å²) >= 11 is 0. The first-order valence-corrected chi connectivity index (χ1v) is 5.68. The first kappa shape index (κ1) is 14.4. The number of nitrogens with zero attached hydrogens (tertiary/aromatic N) is 1. The normalized spacial score (nSPS) is 10.3. The molecule has 6 heteroatoms. The molecule has 0 aromatic carbocycles. The largest absolute Gasteiger partial charge is 0.460 e. The molecule has 0 fully saturated rings. The SMILES string of the molecule is COCCCOCCOC(=O)c1cncc(N)c1. The summed E-state index contributed by atoms with van der Waals surface area (Å²) < 4.78 is 15.1. The Morgan fingerprint density at radius 3 is 2.83 bits per heavy atom. The van der Waals surface area contributed by atoms with Crippen LogP contribution >= 0.6 is 0 Å². The van der Waals surface area contributed by atoms with E-state index in [0.717, 1.165) is 6.42 Å². The summed E-state index contributed by atoms with van der Waals surface area (Å²) in [7, 11) is 1.64. The van der Waals surface area contributed by atoms with Gasteiger partial charge in [-0.05, 0) is 12.5 Å². The maximum absolute atomic E-state index is 11.5. The van der Waals surface area contributed by atoms with Gasteiger partial charge in [-0.1, -0.05) is 0 Å². The summed E-state index contributed by atoms with van der Waals surface area (Å²) in [4.78, 5) is 15.4. The van der Waals surface area contributed by atoms with Crippen LogP contribution in [0.3, 0.4) is 0 Å². The highest BCUT2D eigenvalue weighted by molar-refractivity contribution is 5.89. The van der Waals surface area contributed by atoms with Gasteiger partial charge in [0.2, 0.25) is 0 Å². The molecule has 0 aliphatic heterocycles. The van der Waals surface area contributed by atoms with Gasteiger partial charge in [0.25, 0.3) is 0 Å². The fourth-order valence-electron chi connectivity index (χ4n) is 1.25. The van der Waals surface area contributed by atoms with Crippen molar-refractivity contribution >= 4 is 11.7 Å². The monoisotopic (exact) mass is 254 g/mol. The summed E-state index contributed by atoms with van der Waals surface area (Å²) in [5.41, 5.74) is 6.29. The first-order chi connectivity index (χ1) is 8.74. The second kappa shape index (κ2) is 8.43. The van der Waals surface area contributed by atoms with Crippen molar-refractivity contribution in [1.82, 2.24) is 4.98 Å². The molecule has 0 bridgehead atoms. The van der Waals surface area contributed by atoms with Crippen LogP contribution in [0.2, 0.25) is 0 Å². The fraction of sp³-hybridized carbons (Fsp3) is 0.500. The van der Waals surface area contributed by atoms with E-state index < -0.39 is 5.97 Å². The van der Waals surface area contributed by atoms with E-state index in [9.17, 15) is 4.79 Å². The Hall–Kier alpha value is -1.66. The Morgan fingerprint density at radius 2 is 2.11 bits per heavy atom. The van der Waals surface area contributed by atoms with E-state index in [-0.39, 0.29) is 6.61 Å². The van der Waals surface area contributed by atoms with Gasteiger partial charge in [-0.15, -0.1) is 0 Å². The Morgan fingerprint density at radius 1 is 1.28 bits per heavy atom. The Balaban J connectivity index is 2.14. The summed E-state index contributed by atoms with van der Waals surface area (Å²) in [6.45, 7) is 1.83. The van der Waals surface area contributed by atoms with E-state index in [2.05, 4.69) is 4.98 Å². The minimum absolute atomic E-state index is 0.209. The van der Waals surface area contributed by atoms with E-state index >= 15 is 0 Å². The van der Waals surface area contributed by atoms with Crippen molar-refractivity contribution in [2.45, 2.75) is 6.42 Å². The number of rotatable bonds is 8. The van der Waals surface area contributed by atoms with Gasteiger partial charge < -0.3 is 19.9 Å². The average molecular weight is 254 g/mol. The number of anilines is 1. The average Bonchev–Trinajstić information content (AvgIpc) is 2.37. The molecule has 0 spiro atoms. The molecular weight excluding hydrogens is 236 g/mol. The number of hydrogen-bond donors (Lipinski definition) is 1. The van der Waals surface area contributed by atoms with Gasteiger partial charge in [0.05, 0.1) is 17.9 Å². The minimum atomic E-state index is -0.449. The maximum atomic E-state index is 11.5. The lowest BCUT2D eigenvalue weighted by Gasteiger charge is -2.06. The number of nitrogen functional groups attached to an aromatic ring is 1. The Labute approximate surface area is 106 Å². The van der Waals surface area contributed by atoms with Gasteiger partial charge in [-0.2, -0.15) is 0 Å². The lowest BCUT2D eigenvalue weighted by Crippen LogP contribution is -2.12. The first-order valence-electron chi connectivity index (χ1n) is 5.68. The molecule has 0 amide bonds. The zero-order valence-electron chi connectivity index (χ0n) is 10.4. The van der Waals surface area contributed by atoms with E-state index in [1.54, 1.807) is 7.11 Å². The van der Waals surface area contributed by atoms with Crippen LogP contribution in [0.25, 0.3) is 0 Å². The standard InChI is InChI=1S/C12H18N2O4/c1-16-3-2-4-17-5-6-18-12(15)10-7-11(13)9-14-8-10/h7-9H,2-6,13H2,1H3. The van der Waals surface area contributed by atoms with Crippen molar-refractivity contribution in [2.75, 3.05) is 39.3 Å². The van der Waals surface area contributed by atoms with Gasteiger partial charge in [0, 0.05) is 32.7 Å². The molecule has 100 valence electrons. The maximum Gasteiger partial charge on any atom is 0.339 e. The number of hydrogen-bond acceptors (Lipinski definition) is 6. The lowest BCUT2D eigenvalue weighted by atomic mass is 10.3. The van der Waals surface area contributed by atoms with Crippen LogP contribution < -0.4 is 5.73 Å². The van der Waals surface area contributed by atoms with Gasteiger partial charge >= 0.3 is 5.97 Å². The minimum Gasteiger partial charge on any atom is -0.460 e. The van der Waals surface area contributed by atoms with Crippen LogP contribution in [0.4, 0.5) is 5.69 Å². The number of nitrogens with two attached hydrogens (primary N) is 1. The molecule has 2 N–H and O–H groups in total. The molecule has 0 radical (unpaired) electrons. The van der Waals surface area contributed by atoms with Crippen LogP contribution in [-0.2, 0) is 14.2 Å². The van der Waals surface area contributed by atoms with E-state index in [0.29, 0.717) is 31.1 Å². The zero-order valence-corrected chi connectivity index (χ0v) is 10.4. The fourth-order valence-corrected chi connectivity index (χ4v) is 1.25. The number of ether oxygens (including phenoxy) is 3. The zero-order chi connectivity index (χ0) is 13.2. The number of methoxy groups -OCH3 is 1. The van der Waals surface area contributed by atoms with Crippen LogP contribution in [-0.4, -0.2) is 44.5 Å². The lowest BCUT2D eigenvalue weighted by molar-refractivity contribution is 0.0288.